The van der Waals surface area contributed by atoms with Gasteiger partial charge in [0.05, 0.1) is 5.41 Å². The van der Waals surface area contributed by atoms with Gasteiger partial charge in [-0.3, -0.25) is 4.79 Å². The van der Waals surface area contributed by atoms with Crippen molar-refractivity contribution >= 4 is 12.0 Å². The van der Waals surface area contributed by atoms with Gasteiger partial charge in [0.25, 0.3) is 0 Å². The van der Waals surface area contributed by atoms with Crippen LogP contribution in [-0.2, 0) is 9.53 Å². The summed E-state index contributed by atoms with van der Waals surface area (Å²) in [6, 6.07) is -0.211. The van der Waals surface area contributed by atoms with Crippen molar-refractivity contribution in [2.24, 2.45) is 5.41 Å². The number of amides is 2. The Morgan fingerprint density at radius 2 is 1.82 bits per heavy atom. The second-order valence-corrected chi connectivity index (χ2v) is 5.60. The zero-order valence-electron chi connectivity index (χ0n) is 11.2. The molecule has 0 heterocycles. The van der Waals surface area contributed by atoms with Gasteiger partial charge in [0.15, 0.2) is 0 Å². The van der Waals surface area contributed by atoms with Crippen LogP contribution in [0.25, 0.3) is 0 Å². The maximum atomic E-state index is 11.7. The van der Waals surface area contributed by atoms with Gasteiger partial charge in [-0.15, -0.1) is 0 Å². The Morgan fingerprint density at radius 3 is 2.18 bits per heavy atom. The minimum absolute atomic E-state index is 0.0129. The lowest BCUT2D eigenvalue weighted by Gasteiger charge is -2.25. The molecule has 0 aromatic carbocycles. The molecule has 0 aliphatic heterocycles. The van der Waals surface area contributed by atoms with E-state index in [1.165, 1.54) is 0 Å². The lowest BCUT2D eigenvalue weighted by atomic mass is 9.97. The SMILES string of the molecule is CNC(=O)C1([C@H](C)NC(=O)OC(C)(C)C)CC1. The van der Waals surface area contributed by atoms with Crippen molar-refractivity contribution in [1.29, 1.82) is 0 Å². The van der Waals surface area contributed by atoms with Crippen LogP contribution in [0.2, 0.25) is 0 Å². The molecule has 1 saturated carbocycles. The number of alkyl carbamates (subject to hydrolysis) is 1. The molecule has 0 saturated heterocycles. The van der Waals surface area contributed by atoms with Crippen LogP contribution < -0.4 is 10.6 Å². The standard InChI is InChI=1S/C12H22N2O3/c1-8(12(6-7-12)9(15)13-5)14-10(16)17-11(2,3)4/h8H,6-7H2,1-5H3,(H,13,15)(H,14,16)/t8-/m0/s1. The highest BCUT2D eigenvalue weighted by Crippen LogP contribution is 2.48. The van der Waals surface area contributed by atoms with Crippen LogP contribution in [-0.4, -0.2) is 30.7 Å². The fourth-order valence-corrected chi connectivity index (χ4v) is 1.86. The molecule has 0 aromatic rings. The van der Waals surface area contributed by atoms with Gasteiger partial charge in [-0.2, -0.15) is 0 Å². The van der Waals surface area contributed by atoms with Crippen molar-refractivity contribution in [2.75, 3.05) is 7.05 Å². The van der Waals surface area contributed by atoms with E-state index in [1.54, 1.807) is 7.05 Å². The van der Waals surface area contributed by atoms with Gasteiger partial charge in [0, 0.05) is 13.1 Å². The third-order valence-corrected chi connectivity index (χ3v) is 3.03. The van der Waals surface area contributed by atoms with E-state index >= 15 is 0 Å². The number of hydrogen-bond donors (Lipinski definition) is 2. The summed E-state index contributed by atoms with van der Waals surface area (Å²) in [6.45, 7) is 7.26. The summed E-state index contributed by atoms with van der Waals surface area (Å²) in [5, 5.41) is 5.37. The lowest BCUT2D eigenvalue weighted by Crippen LogP contribution is -2.47. The Hall–Kier alpha value is -1.26. The van der Waals surface area contributed by atoms with E-state index in [4.69, 9.17) is 4.74 Å². The number of hydrogen-bond acceptors (Lipinski definition) is 3. The minimum atomic E-state index is -0.520. The Morgan fingerprint density at radius 1 is 1.29 bits per heavy atom. The average Bonchev–Trinajstić information content (AvgIpc) is 2.93. The molecule has 17 heavy (non-hydrogen) atoms. The van der Waals surface area contributed by atoms with Gasteiger partial charge >= 0.3 is 6.09 Å². The van der Waals surface area contributed by atoms with Gasteiger partial charge in [-0.05, 0) is 40.5 Å². The summed E-state index contributed by atoms with van der Waals surface area (Å²) in [6.07, 6.45) is 1.15. The number of ether oxygens (including phenoxy) is 1. The largest absolute Gasteiger partial charge is 0.444 e. The summed E-state index contributed by atoms with van der Waals surface area (Å²) < 4.78 is 5.16. The van der Waals surface area contributed by atoms with Crippen LogP contribution in [0, 0.1) is 5.41 Å². The van der Waals surface area contributed by atoms with Crippen LogP contribution in [0.4, 0.5) is 4.79 Å². The molecule has 1 aliphatic rings. The Bertz CT molecular complexity index is 316. The molecule has 0 bridgehead atoms. The van der Waals surface area contributed by atoms with E-state index in [9.17, 15) is 9.59 Å². The first-order chi connectivity index (χ1) is 7.71. The molecule has 0 aromatic heterocycles. The number of carbonyl (C=O) groups excluding carboxylic acids is 2. The first-order valence-corrected chi connectivity index (χ1v) is 5.93. The van der Waals surface area contributed by atoms with Crippen molar-refractivity contribution in [2.45, 2.75) is 52.2 Å². The quantitative estimate of drug-likeness (QED) is 0.786. The molecular formula is C12H22N2O3. The molecule has 0 unspecified atom stereocenters. The maximum absolute atomic E-state index is 11.7. The van der Waals surface area contributed by atoms with Gasteiger partial charge in [-0.1, -0.05) is 0 Å². The second-order valence-electron chi connectivity index (χ2n) is 5.60. The molecule has 5 heteroatoms. The molecule has 1 aliphatic carbocycles. The minimum Gasteiger partial charge on any atom is -0.444 e. The van der Waals surface area contributed by atoms with Crippen molar-refractivity contribution in [3.8, 4) is 0 Å². The molecule has 1 rings (SSSR count). The monoisotopic (exact) mass is 242 g/mol. The van der Waals surface area contributed by atoms with Gasteiger partial charge in [0.2, 0.25) is 5.91 Å². The van der Waals surface area contributed by atoms with E-state index < -0.39 is 17.1 Å². The molecular weight excluding hydrogens is 220 g/mol. The van der Waals surface area contributed by atoms with E-state index in [-0.39, 0.29) is 11.9 Å². The van der Waals surface area contributed by atoms with E-state index in [0.29, 0.717) is 0 Å². The van der Waals surface area contributed by atoms with Crippen LogP contribution in [0.5, 0.6) is 0 Å². The fraction of sp³-hybridized carbons (Fsp3) is 0.833. The van der Waals surface area contributed by atoms with Crippen LogP contribution in [0.3, 0.4) is 0 Å². The maximum Gasteiger partial charge on any atom is 0.407 e. The van der Waals surface area contributed by atoms with E-state index in [0.717, 1.165) is 12.8 Å². The highest BCUT2D eigenvalue weighted by atomic mass is 16.6. The average molecular weight is 242 g/mol. The summed E-state index contributed by atoms with van der Waals surface area (Å²) in [5.41, 5.74) is -0.959. The summed E-state index contributed by atoms with van der Waals surface area (Å²) >= 11 is 0. The third kappa shape index (κ3) is 3.35. The molecule has 98 valence electrons. The van der Waals surface area contributed by atoms with E-state index in [2.05, 4.69) is 10.6 Å². The van der Waals surface area contributed by atoms with Crippen molar-refractivity contribution in [3.05, 3.63) is 0 Å². The predicted octanol–water partition coefficient (Wildman–Crippen LogP) is 1.43. The molecule has 2 N–H and O–H groups in total. The predicted molar refractivity (Wildman–Crippen MR) is 64.6 cm³/mol. The Balaban J connectivity index is 2.53. The van der Waals surface area contributed by atoms with Gasteiger partial charge < -0.3 is 15.4 Å². The molecule has 5 nitrogen and oxygen atoms in total. The zero-order chi connectivity index (χ0) is 13.3. The number of rotatable bonds is 3. The topological polar surface area (TPSA) is 67.4 Å². The first-order valence-electron chi connectivity index (χ1n) is 5.93. The first kappa shape index (κ1) is 13.8. The third-order valence-electron chi connectivity index (χ3n) is 3.03. The summed E-state index contributed by atoms with van der Waals surface area (Å²) in [5.74, 6) is -0.0129. The van der Waals surface area contributed by atoms with Crippen LogP contribution in [0.15, 0.2) is 0 Å². The molecule has 1 atom stereocenters. The smallest absolute Gasteiger partial charge is 0.407 e. The molecule has 1 fully saturated rings. The van der Waals surface area contributed by atoms with Crippen molar-refractivity contribution in [1.82, 2.24) is 10.6 Å². The van der Waals surface area contributed by atoms with Crippen molar-refractivity contribution < 1.29 is 14.3 Å². The summed E-state index contributed by atoms with van der Waals surface area (Å²) in [4.78, 5) is 23.3. The number of nitrogens with one attached hydrogen (secondary N) is 2. The van der Waals surface area contributed by atoms with E-state index in [1.807, 2.05) is 27.7 Å². The van der Waals surface area contributed by atoms with Crippen LogP contribution in [0.1, 0.15) is 40.5 Å². The fourth-order valence-electron chi connectivity index (χ4n) is 1.86. The van der Waals surface area contributed by atoms with Gasteiger partial charge in [0.1, 0.15) is 5.60 Å². The zero-order valence-corrected chi connectivity index (χ0v) is 11.2. The normalized spacial score (nSPS) is 19.1. The summed E-state index contributed by atoms with van der Waals surface area (Å²) in [7, 11) is 1.61. The highest BCUT2D eigenvalue weighted by Gasteiger charge is 2.54. The molecule has 0 spiro atoms. The highest BCUT2D eigenvalue weighted by molar-refractivity contribution is 5.86. The lowest BCUT2D eigenvalue weighted by molar-refractivity contribution is -0.126. The molecule has 2 amide bonds. The van der Waals surface area contributed by atoms with Crippen molar-refractivity contribution in [3.63, 3.8) is 0 Å². The van der Waals surface area contributed by atoms with Crippen LogP contribution >= 0.6 is 0 Å². The Labute approximate surface area is 102 Å². The Kier molecular flexibility index (Phi) is 3.69. The number of carbonyl (C=O) groups is 2. The molecule has 0 radical (unpaired) electrons. The van der Waals surface area contributed by atoms with Gasteiger partial charge in [-0.25, -0.2) is 4.79 Å². The second kappa shape index (κ2) is 4.55.